The third-order valence-electron chi connectivity index (χ3n) is 3.62. The minimum absolute atomic E-state index is 0.0763. The maximum atomic E-state index is 5.96. The van der Waals surface area contributed by atoms with Crippen molar-refractivity contribution in [3.63, 3.8) is 0 Å². The van der Waals surface area contributed by atoms with Crippen LogP contribution in [0.4, 0.5) is 0 Å². The highest BCUT2D eigenvalue weighted by Crippen LogP contribution is 2.30. The number of thiazole rings is 1. The Morgan fingerprint density at radius 3 is 2.62 bits per heavy atom. The molecule has 5 heteroatoms. The second-order valence-electron chi connectivity index (χ2n) is 5.06. The van der Waals surface area contributed by atoms with Gasteiger partial charge in [-0.2, -0.15) is 5.10 Å². The average molecular weight is 298 g/mol. The summed E-state index contributed by atoms with van der Waals surface area (Å²) in [7, 11) is 0. The van der Waals surface area contributed by atoms with E-state index in [1.54, 1.807) is 11.3 Å². The molecule has 1 aromatic carbocycles. The molecule has 2 aromatic heterocycles. The van der Waals surface area contributed by atoms with Crippen LogP contribution in [0, 0.1) is 13.8 Å². The number of hydrogen-bond donors (Lipinski definition) is 2. The average Bonchev–Trinajstić information content (AvgIpc) is 3.10. The molecule has 0 saturated carbocycles. The second kappa shape index (κ2) is 5.79. The summed E-state index contributed by atoms with van der Waals surface area (Å²) in [6.07, 6.45) is 0. The summed E-state index contributed by atoms with van der Waals surface area (Å²) in [4.78, 5) is 5.87. The Morgan fingerprint density at radius 1 is 1.24 bits per heavy atom. The fraction of sp³-hybridized carbons (Fsp3) is 0.250. The molecule has 1 atom stereocenters. The SMILES string of the molecule is Cc1nc(C(CN)c2cc(-c3ccccc3)n[nH]2)sc1C. The van der Waals surface area contributed by atoms with Crippen molar-refractivity contribution in [2.24, 2.45) is 5.73 Å². The molecule has 0 aliphatic rings. The third-order valence-corrected chi connectivity index (χ3v) is 4.81. The minimum atomic E-state index is 0.0763. The van der Waals surface area contributed by atoms with Crippen molar-refractivity contribution in [3.8, 4) is 11.3 Å². The lowest BCUT2D eigenvalue weighted by Gasteiger charge is -2.08. The number of hydrogen-bond acceptors (Lipinski definition) is 4. The van der Waals surface area contributed by atoms with Crippen molar-refractivity contribution in [1.82, 2.24) is 15.2 Å². The number of aromatic amines is 1. The lowest BCUT2D eigenvalue weighted by molar-refractivity contribution is 0.769. The Hall–Kier alpha value is -1.98. The van der Waals surface area contributed by atoms with Crippen LogP contribution in [0.3, 0.4) is 0 Å². The molecule has 0 bridgehead atoms. The lowest BCUT2D eigenvalue weighted by atomic mass is 10.1. The predicted molar refractivity (Wildman–Crippen MR) is 86.5 cm³/mol. The zero-order chi connectivity index (χ0) is 14.8. The summed E-state index contributed by atoms with van der Waals surface area (Å²) in [5, 5.41) is 8.58. The molecule has 1 unspecified atom stereocenters. The molecular weight excluding hydrogens is 280 g/mol. The molecule has 2 heterocycles. The Labute approximate surface area is 128 Å². The fourth-order valence-corrected chi connectivity index (χ4v) is 3.33. The first-order valence-electron chi connectivity index (χ1n) is 6.93. The summed E-state index contributed by atoms with van der Waals surface area (Å²) >= 11 is 1.71. The highest BCUT2D eigenvalue weighted by molar-refractivity contribution is 7.11. The predicted octanol–water partition coefficient (Wildman–Crippen LogP) is 3.24. The largest absolute Gasteiger partial charge is 0.329 e. The van der Waals surface area contributed by atoms with Crippen molar-refractivity contribution in [2.75, 3.05) is 6.54 Å². The fourth-order valence-electron chi connectivity index (χ4n) is 2.28. The molecule has 4 nitrogen and oxygen atoms in total. The number of rotatable bonds is 4. The molecule has 0 saturated heterocycles. The number of nitrogens with one attached hydrogen (secondary N) is 1. The van der Waals surface area contributed by atoms with Gasteiger partial charge in [-0.15, -0.1) is 11.3 Å². The first kappa shape index (κ1) is 14.0. The summed E-state index contributed by atoms with van der Waals surface area (Å²) in [6, 6.07) is 12.2. The van der Waals surface area contributed by atoms with Crippen LogP contribution >= 0.6 is 11.3 Å². The van der Waals surface area contributed by atoms with Gasteiger partial charge in [0.2, 0.25) is 0 Å². The molecule has 0 radical (unpaired) electrons. The zero-order valence-corrected chi connectivity index (χ0v) is 12.9. The van der Waals surface area contributed by atoms with Crippen LogP contribution in [-0.4, -0.2) is 21.7 Å². The number of aromatic nitrogens is 3. The van der Waals surface area contributed by atoms with Crippen molar-refractivity contribution in [3.05, 3.63) is 57.7 Å². The van der Waals surface area contributed by atoms with Gasteiger partial charge in [0.05, 0.1) is 17.3 Å². The molecular formula is C16H18N4S. The van der Waals surface area contributed by atoms with Gasteiger partial charge in [-0.05, 0) is 19.9 Å². The molecule has 3 N–H and O–H groups in total. The highest BCUT2D eigenvalue weighted by Gasteiger charge is 2.20. The molecule has 0 amide bonds. The van der Waals surface area contributed by atoms with Crippen molar-refractivity contribution in [1.29, 1.82) is 0 Å². The van der Waals surface area contributed by atoms with Crippen LogP contribution in [-0.2, 0) is 0 Å². The van der Waals surface area contributed by atoms with Crippen LogP contribution in [0.5, 0.6) is 0 Å². The zero-order valence-electron chi connectivity index (χ0n) is 12.1. The Bertz CT molecular complexity index is 710. The van der Waals surface area contributed by atoms with Crippen LogP contribution in [0.15, 0.2) is 36.4 Å². The van der Waals surface area contributed by atoms with Crippen LogP contribution in [0.1, 0.15) is 27.2 Å². The molecule has 3 aromatic rings. The second-order valence-corrected chi connectivity index (χ2v) is 6.29. The number of aryl methyl sites for hydroxylation is 2. The molecule has 3 rings (SSSR count). The molecule has 0 aliphatic carbocycles. The highest BCUT2D eigenvalue weighted by atomic mass is 32.1. The van der Waals surface area contributed by atoms with E-state index < -0.39 is 0 Å². The topological polar surface area (TPSA) is 67.6 Å². The normalized spacial score (nSPS) is 12.5. The minimum Gasteiger partial charge on any atom is -0.329 e. The van der Waals surface area contributed by atoms with Crippen molar-refractivity contribution < 1.29 is 0 Å². The van der Waals surface area contributed by atoms with Gasteiger partial charge in [-0.3, -0.25) is 5.10 Å². The van der Waals surface area contributed by atoms with Crippen molar-refractivity contribution >= 4 is 11.3 Å². The van der Waals surface area contributed by atoms with E-state index in [0.29, 0.717) is 6.54 Å². The molecule has 0 fully saturated rings. The van der Waals surface area contributed by atoms with Gasteiger partial charge in [0, 0.05) is 22.7 Å². The van der Waals surface area contributed by atoms with Crippen LogP contribution < -0.4 is 5.73 Å². The summed E-state index contributed by atoms with van der Waals surface area (Å²) in [6.45, 7) is 4.64. The first-order chi connectivity index (χ1) is 10.2. The lowest BCUT2D eigenvalue weighted by Crippen LogP contribution is -2.14. The Kier molecular flexibility index (Phi) is 3.86. The maximum Gasteiger partial charge on any atom is 0.103 e. The molecule has 0 aliphatic heterocycles. The number of H-pyrrole nitrogens is 1. The third kappa shape index (κ3) is 2.75. The van der Waals surface area contributed by atoms with Crippen LogP contribution in [0.2, 0.25) is 0 Å². The smallest absolute Gasteiger partial charge is 0.103 e. The van der Waals surface area contributed by atoms with Gasteiger partial charge in [-0.25, -0.2) is 4.98 Å². The van der Waals surface area contributed by atoms with E-state index in [1.807, 2.05) is 25.1 Å². The molecule has 21 heavy (non-hydrogen) atoms. The van der Waals surface area contributed by atoms with Crippen molar-refractivity contribution in [2.45, 2.75) is 19.8 Å². The number of benzene rings is 1. The van der Waals surface area contributed by atoms with Gasteiger partial charge in [0.15, 0.2) is 0 Å². The van der Waals surface area contributed by atoms with Gasteiger partial charge < -0.3 is 5.73 Å². The molecule has 0 spiro atoms. The quantitative estimate of drug-likeness (QED) is 0.777. The van der Waals surface area contributed by atoms with E-state index in [1.165, 1.54) is 4.88 Å². The standard InChI is InChI=1S/C16H18N4S/c1-10-11(2)21-16(18-10)13(9-17)15-8-14(19-20-15)12-6-4-3-5-7-12/h3-8,13H,9,17H2,1-2H3,(H,19,20). The van der Waals surface area contributed by atoms with E-state index in [9.17, 15) is 0 Å². The van der Waals surface area contributed by atoms with Crippen LogP contribution in [0.25, 0.3) is 11.3 Å². The van der Waals surface area contributed by atoms with E-state index in [-0.39, 0.29) is 5.92 Å². The Morgan fingerprint density at radius 2 is 2.00 bits per heavy atom. The van der Waals surface area contributed by atoms with Gasteiger partial charge >= 0.3 is 0 Å². The van der Waals surface area contributed by atoms with Gasteiger partial charge in [0.1, 0.15) is 5.01 Å². The van der Waals surface area contributed by atoms with E-state index in [4.69, 9.17) is 5.73 Å². The Balaban J connectivity index is 1.94. The number of nitrogens with zero attached hydrogens (tertiary/aromatic N) is 2. The summed E-state index contributed by atoms with van der Waals surface area (Å²) in [5.74, 6) is 0.0763. The number of nitrogens with two attached hydrogens (primary N) is 1. The maximum absolute atomic E-state index is 5.96. The molecule has 108 valence electrons. The van der Waals surface area contributed by atoms with E-state index in [0.717, 1.165) is 27.7 Å². The van der Waals surface area contributed by atoms with E-state index in [2.05, 4.69) is 40.3 Å². The summed E-state index contributed by atoms with van der Waals surface area (Å²) in [5.41, 5.74) is 10.1. The van der Waals surface area contributed by atoms with E-state index >= 15 is 0 Å². The van der Waals surface area contributed by atoms with Gasteiger partial charge in [0.25, 0.3) is 0 Å². The summed E-state index contributed by atoms with van der Waals surface area (Å²) < 4.78 is 0. The first-order valence-corrected chi connectivity index (χ1v) is 7.75. The monoisotopic (exact) mass is 298 g/mol. The van der Waals surface area contributed by atoms with Gasteiger partial charge in [-0.1, -0.05) is 30.3 Å².